The molecule has 0 saturated heterocycles. The van der Waals surface area contributed by atoms with Gasteiger partial charge in [-0.15, -0.1) is 11.3 Å². The molecule has 0 bridgehead atoms. The van der Waals surface area contributed by atoms with Crippen LogP contribution >= 0.6 is 11.3 Å². The standard InChI is InChI=1S/C16H20O2S/c1-3-15-8-9-16(19-15)11-18-14-6-4-13(5-7-14)10-12(2)17/h4-9,12,17H,3,10-11H2,1-2H3. The number of aliphatic hydroxyl groups excluding tert-OH is 1. The molecule has 19 heavy (non-hydrogen) atoms. The van der Waals surface area contributed by atoms with Gasteiger partial charge in [0.2, 0.25) is 0 Å². The summed E-state index contributed by atoms with van der Waals surface area (Å²) >= 11 is 1.81. The maximum Gasteiger partial charge on any atom is 0.122 e. The van der Waals surface area contributed by atoms with Gasteiger partial charge in [-0.2, -0.15) is 0 Å². The van der Waals surface area contributed by atoms with E-state index in [2.05, 4.69) is 19.1 Å². The first-order valence-corrected chi connectivity index (χ1v) is 7.46. The molecule has 3 heteroatoms. The van der Waals surface area contributed by atoms with E-state index in [1.807, 2.05) is 24.3 Å². The molecule has 1 heterocycles. The van der Waals surface area contributed by atoms with E-state index < -0.39 is 0 Å². The minimum Gasteiger partial charge on any atom is -0.488 e. The smallest absolute Gasteiger partial charge is 0.122 e. The highest BCUT2D eigenvalue weighted by atomic mass is 32.1. The van der Waals surface area contributed by atoms with E-state index in [-0.39, 0.29) is 6.10 Å². The molecule has 0 aliphatic carbocycles. The van der Waals surface area contributed by atoms with Crippen molar-refractivity contribution in [2.45, 2.75) is 39.4 Å². The van der Waals surface area contributed by atoms with Gasteiger partial charge in [0.25, 0.3) is 0 Å². The molecular formula is C16H20O2S. The molecule has 0 aliphatic rings. The predicted molar refractivity (Wildman–Crippen MR) is 79.9 cm³/mol. The number of aliphatic hydroxyl groups is 1. The van der Waals surface area contributed by atoms with E-state index in [9.17, 15) is 5.11 Å². The molecule has 2 aromatic rings. The number of ether oxygens (including phenoxy) is 1. The zero-order valence-corrected chi connectivity index (χ0v) is 12.2. The van der Waals surface area contributed by atoms with Crippen LogP contribution in [0.3, 0.4) is 0 Å². The van der Waals surface area contributed by atoms with Gasteiger partial charge >= 0.3 is 0 Å². The number of hydrogen-bond donors (Lipinski definition) is 1. The Bertz CT molecular complexity index is 500. The molecule has 0 amide bonds. The second-order valence-electron chi connectivity index (χ2n) is 4.71. The van der Waals surface area contributed by atoms with Gasteiger partial charge in [0.05, 0.1) is 6.10 Å². The van der Waals surface area contributed by atoms with E-state index in [1.54, 1.807) is 18.3 Å². The normalized spacial score (nSPS) is 12.4. The first-order valence-electron chi connectivity index (χ1n) is 6.64. The van der Waals surface area contributed by atoms with Crippen LogP contribution in [0.4, 0.5) is 0 Å². The molecular weight excluding hydrogens is 256 g/mol. The highest BCUT2D eigenvalue weighted by molar-refractivity contribution is 7.11. The molecule has 2 rings (SSSR count). The number of hydrogen-bond acceptors (Lipinski definition) is 3. The maximum atomic E-state index is 9.32. The minimum absolute atomic E-state index is 0.301. The fourth-order valence-corrected chi connectivity index (χ4v) is 2.78. The molecule has 0 saturated carbocycles. The Labute approximate surface area is 118 Å². The number of rotatable bonds is 6. The molecule has 1 N–H and O–H groups in total. The summed E-state index contributed by atoms with van der Waals surface area (Å²) in [5.74, 6) is 0.876. The van der Waals surface area contributed by atoms with Gasteiger partial charge < -0.3 is 9.84 Å². The third kappa shape index (κ3) is 4.37. The second kappa shape index (κ2) is 6.73. The summed E-state index contributed by atoms with van der Waals surface area (Å²) < 4.78 is 5.76. The van der Waals surface area contributed by atoms with Gasteiger partial charge in [-0.3, -0.25) is 0 Å². The molecule has 1 aromatic heterocycles. The van der Waals surface area contributed by atoms with Crippen molar-refractivity contribution < 1.29 is 9.84 Å². The first-order chi connectivity index (χ1) is 9.17. The summed E-state index contributed by atoms with van der Waals surface area (Å²) in [6, 6.07) is 12.2. The summed E-state index contributed by atoms with van der Waals surface area (Å²) in [6.45, 7) is 4.59. The fraction of sp³-hybridized carbons (Fsp3) is 0.375. The van der Waals surface area contributed by atoms with Crippen LogP contribution in [0.15, 0.2) is 36.4 Å². The number of aryl methyl sites for hydroxylation is 1. The van der Waals surface area contributed by atoms with E-state index in [0.717, 1.165) is 17.7 Å². The highest BCUT2D eigenvalue weighted by Gasteiger charge is 2.02. The van der Waals surface area contributed by atoms with E-state index in [1.165, 1.54) is 9.75 Å². The lowest BCUT2D eigenvalue weighted by Gasteiger charge is -2.07. The fourth-order valence-electron chi connectivity index (χ4n) is 1.91. The van der Waals surface area contributed by atoms with Gasteiger partial charge in [0, 0.05) is 9.75 Å². The summed E-state index contributed by atoms with van der Waals surface area (Å²) in [6.07, 6.45) is 1.47. The van der Waals surface area contributed by atoms with Crippen molar-refractivity contribution in [2.75, 3.05) is 0 Å². The van der Waals surface area contributed by atoms with Crippen molar-refractivity contribution in [2.24, 2.45) is 0 Å². The molecule has 102 valence electrons. The van der Waals surface area contributed by atoms with Crippen LogP contribution in [0.5, 0.6) is 5.75 Å². The first kappa shape index (κ1) is 14.1. The van der Waals surface area contributed by atoms with Crippen molar-refractivity contribution in [3.05, 3.63) is 51.7 Å². The van der Waals surface area contributed by atoms with Gasteiger partial charge in [0.15, 0.2) is 0 Å². The Hall–Kier alpha value is -1.32. The lowest BCUT2D eigenvalue weighted by atomic mass is 10.1. The van der Waals surface area contributed by atoms with Crippen LogP contribution in [-0.2, 0) is 19.4 Å². The monoisotopic (exact) mass is 276 g/mol. The summed E-state index contributed by atoms with van der Waals surface area (Å²) in [5, 5.41) is 9.32. The van der Waals surface area contributed by atoms with Gasteiger partial charge in [-0.05, 0) is 49.6 Å². The lowest BCUT2D eigenvalue weighted by Crippen LogP contribution is -2.03. The molecule has 0 spiro atoms. The van der Waals surface area contributed by atoms with E-state index in [0.29, 0.717) is 13.0 Å². The Kier molecular flexibility index (Phi) is 5.00. The molecule has 0 radical (unpaired) electrons. The van der Waals surface area contributed by atoms with Crippen LogP contribution in [0, 0.1) is 0 Å². The predicted octanol–water partition coefficient (Wildman–Crippen LogP) is 3.81. The van der Waals surface area contributed by atoms with E-state index >= 15 is 0 Å². The average molecular weight is 276 g/mol. The van der Waals surface area contributed by atoms with Crippen LogP contribution < -0.4 is 4.74 Å². The van der Waals surface area contributed by atoms with E-state index in [4.69, 9.17) is 4.74 Å². The van der Waals surface area contributed by atoms with Crippen LogP contribution in [0.2, 0.25) is 0 Å². The van der Waals surface area contributed by atoms with Crippen molar-refractivity contribution in [3.63, 3.8) is 0 Å². The van der Waals surface area contributed by atoms with Crippen molar-refractivity contribution >= 4 is 11.3 Å². The van der Waals surface area contributed by atoms with Crippen molar-refractivity contribution in [1.82, 2.24) is 0 Å². The van der Waals surface area contributed by atoms with Crippen molar-refractivity contribution in [1.29, 1.82) is 0 Å². The zero-order chi connectivity index (χ0) is 13.7. The van der Waals surface area contributed by atoms with Crippen molar-refractivity contribution in [3.8, 4) is 5.75 Å². The van der Waals surface area contributed by atoms with Crippen LogP contribution in [0.1, 0.15) is 29.2 Å². The number of benzene rings is 1. The Morgan fingerprint density at radius 1 is 1.11 bits per heavy atom. The summed E-state index contributed by atoms with van der Waals surface area (Å²) in [7, 11) is 0. The SMILES string of the molecule is CCc1ccc(COc2ccc(CC(C)O)cc2)s1. The molecule has 2 nitrogen and oxygen atoms in total. The minimum atomic E-state index is -0.301. The largest absolute Gasteiger partial charge is 0.488 e. The molecule has 1 aromatic carbocycles. The van der Waals surface area contributed by atoms with Gasteiger partial charge in [0.1, 0.15) is 12.4 Å². The topological polar surface area (TPSA) is 29.5 Å². The van der Waals surface area contributed by atoms with Gasteiger partial charge in [-0.1, -0.05) is 19.1 Å². The third-order valence-electron chi connectivity index (χ3n) is 2.90. The third-order valence-corrected chi connectivity index (χ3v) is 4.10. The Balaban J connectivity index is 1.89. The maximum absolute atomic E-state index is 9.32. The average Bonchev–Trinajstić information content (AvgIpc) is 2.85. The number of thiophene rings is 1. The zero-order valence-electron chi connectivity index (χ0n) is 11.4. The Morgan fingerprint density at radius 3 is 2.37 bits per heavy atom. The van der Waals surface area contributed by atoms with Gasteiger partial charge in [-0.25, -0.2) is 0 Å². The molecule has 1 atom stereocenters. The van der Waals surface area contributed by atoms with Crippen LogP contribution in [0.25, 0.3) is 0 Å². The summed E-state index contributed by atoms with van der Waals surface area (Å²) in [5.41, 5.74) is 1.13. The highest BCUT2D eigenvalue weighted by Crippen LogP contribution is 2.20. The second-order valence-corrected chi connectivity index (χ2v) is 5.96. The summed E-state index contributed by atoms with van der Waals surface area (Å²) in [4.78, 5) is 2.65. The molecule has 0 aliphatic heterocycles. The molecule has 1 unspecified atom stereocenters. The Morgan fingerprint density at radius 2 is 1.79 bits per heavy atom. The molecule has 0 fully saturated rings. The quantitative estimate of drug-likeness (QED) is 0.869. The van der Waals surface area contributed by atoms with Crippen LogP contribution in [-0.4, -0.2) is 11.2 Å². The lowest BCUT2D eigenvalue weighted by molar-refractivity contribution is 0.195.